The molecule has 8 nitrogen and oxygen atoms in total. The van der Waals surface area contributed by atoms with Crippen molar-refractivity contribution in [1.82, 2.24) is 9.80 Å². The summed E-state index contributed by atoms with van der Waals surface area (Å²) < 4.78 is 4.08. The predicted octanol–water partition coefficient (Wildman–Crippen LogP) is 3.65. The molecule has 0 aliphatic carbocycles. The van der Waals surface area contributed by atoms with E-state index in [9.17, 15) is 19.5 Å². The molecule has 1 aromatic rings. The Kier molecular flexibility index (Phi) is 8.34. The average Bonchev–Trinajstić information content (AvgIpc) is 3.21. The van der Waals surface area contributed by atoms with Crippen molar-refractivity contribution in [2.45, 2.75) is 62.0 Å². The molecule has 2 fully saturated rings. The molecule has 1 unspecified atom stereocenters. The highest BCUT2D eigenvalue weighted by molar-refractivity contribution is 8.02. The molecule has 4 heterocycles. The summed E-state index contributed by atoms with van der Waals surface area (Å²) in [6.45, 7) is 8.43. The summed E-state index contributed by atoms with van der Waals surface area (Å²) in [5.41, 5.74) is 0.752. The van der Waals surface area contributed by atoms with Crippen molar-refractivity contribution in [2.24, 2.45) is 11.8 Å². The maximum Gasteiger partial charge on any atom is 0.247 e. The molecule has 4 aliphatic rings. The summed E-state index contributed by atoms with van der Waals surface area (Å²) in [7, 11) is 0. The molecule has 216 valence electrons. The minimum absolute atomic E-state index is 0.0535. The van der Waals surface area contributed by atoms with Gasteiger partial charge in [-0.3, -0.25) is 14.4 Å². The number of likely N-dealkylation sites (tertiary alicyclic amines) is 1. The largest absolute Gasteiger partial charge is 0.494 e. The summed E-state index contributed by atoms with van der Waals surface area (Å²) in [5, 5.41) is 9.62. The van der Waals surface area contributed by atoms with Crippen LogP contribution < -0.4 is 9.64 Å². The fourth-order valence-corrected chi connectivity index (χ4v) is 9.08. The highest BCUT2D eigenvalue weighted by Crippen LogP contribution is 2.65. The number of carbonyl (C=O) groups is 3. The first-order valence-corrected chi connectivity index (χ1v) is 15.4. The Bertz CT molecular complexity index is 1190. The van der Waals surface area contributed by atoms with E-state index in [1.54, 1.807) is 21.6 Å². The summed E-state index contributed by atoms with van der Waals surface area (Å²) in [6, 6.07) is 6.78. The molecule has 3 amide bonds. The van der Waals surface area contributed by atoms with E-state index in [-0.39, 0.29) is 30.9 Å². The molecular weight excluding hydrogens is 526 g/mol. The van der Waals surface area contributed by atoms with Gasteiger partial charge in [0.25, 0.3) is 0 Å². The first kappa shape index (κ1) is 28.7. The predicted molar refractivity (Wildman–Crippen MR) is 157 cm³/mol. The zero-order valence-electron chi connectivity index (χ0n) is 23.8. The molecule has 2 saturated heterocycles. The number of aliphatic hydroxyl groups is 1. The van der Waals surface area contributed by atoms with Crippen LogP contribution in [0.15, 0.2) is 48.6 Å². The maximum absolute atomic E-state index is 14.4. The molecule has 0 bridgehead atoms. The van der Waals surface area contributed by atoms with Crippen LogP contribution in [0.3, 0.4) is 0 Å². The van der Waals surface area contributed by atoms with Gasteiger partial charge in [0, 0.05) is 43.2 Å². The number of benzene rings is 1. The number of unbranched alkanes of at least 4 members (excludes halogenated alkanes) is 2. The first-order valence-electron chi connectivity index (χ1n) is 14.6. The molecule has 40 heavy (non-hydrogen) atoms. The quantitative estimate of drug-likeness (QED) is 0.343. The number of thioether (sulfide) groups is 1. The van der Waals surface area contributed by atoms with Crippen molar-refractivity contribution < 1.29 is 24.2 Å². The second kappa shape index (κ2) is 11.6. The number of hydrogen-bond donors (Lipinski definition) is 1. The smallest absolute Gasteiger partial charge is 0.247 e. The third kappa shape index (κ3) is 4.75. The normalized spacial score (nSPS) is 31.2. The third-order valence-electron chi connectivity index (χ3n) is 8.69. The number of amides is 3. The van der Waals surface area contributed by atoms with Crippen molar-refractivity contribution in [3.63, 3.8) is 0 Å². The monoisotopic (exact) mass is 567 g/mol. The summed E-state index contributed by atoms with van der Waals surface area (Å²) in [6.07, 6.45) is 11.6. The Hall–Kier alpha value is -2.78. The summed E-state index contributed by atoms with van der Waals surface area (Å²) >= 11 is 1.60. The zero-order chi connectivity index (χ0) is 28.5. The number of nitrogens with zero attached hydrogens (tertiary/aromatic N) is 3. The molecule has 5 atom stereocenters. The van der Waals surface area contributed by atoms with E-state index in [4.69, 9.17) is 4.74 Å². The highest BCUT2D eigenvalue weighted by atomic mass is 32.2. The Morgan fingerprint density at radius 1 is 0.925 bits per heavy atom. The second-order valence-electron chi connectivity index (χ2n) is 11.3. The number of aliphatic hydroxyl groups excluding tert-OH is 1. The van der Waals surface area contributed by atoms with E-state index in [2.05, 4.69) is 19.1 Å². The number of hydrogen-bond acceptors (Lipinski definition) is 6. The van der Waals surface area contributed by atoms with Crippen LogP contribution in [0.1, 0.15) is 46.5 Å². The van der Waals surface area contributed by atoms with Gasteiger partial charge in [-0.15, -0.1) is 11.8 Å². The van der Waals surface area contributed by atoms with E-state index >= 15 is 0 Å². The number of carbonyl (C=O) groups excluding carboxylic acids is 3. The van der Waals surface area contributed by atoms with Gasteiger partial charge in [0.1, 0.15) is 11.8 Å². The minimum atomic E-state index is -0.857. The van der Waals surface area contributed by atoms with Crippen LogP contribution in [-0.2, 0) is 14.4 Å². The molecule has 0 saturated carbocycles. The van der Waals surface area contributed by atoms with Crippen molar-refractivity contribution in [2.75, 3.05) is 44.3 Å². The Morgan fingerprint density at radius 3 is 2.38 bits per heavy atom. The summed E-state index contributed by atoms with van der Waals surface area (Å²) in [5.74, 6) is -0.899. The molecule has 4 aliphatic heterocycles. The number of ether oxygens (including phenoxy) is 1. The first-order chi connectivity index (χ1) is 19.3. The van der Waals surface area contributed by atoms with Gasteiger partial charge in [-0.1, -0.05) is 44.1 Å². The molecule has 1 spiro atoms. The average molecular weight is 568 g/mol. The van der Waals surface area contributed by atoms with Crippen molar-refractivity contribution in [3.05, 3.63) is 48.6 Å². The lowest BCUT2D eigenvalue weighted by Crippen LogP contribution is -2.53. The van der Waals surface area contributed by atoms with E-state index in [0.29, 0.717) is 32.7 Å². The van der Waals surface area contributed by atoms with Gasteiger partial charge >= 0.3 is 0 Å². The van der Waals surface area contributed by atoms with Crippen LogP contribution in [0.2, 0.25) is 0 Å². The van der Waals surface area contributed by atoms with Crippen molar-refractivity contribution in [1.29, 1.82) is 0 Å². The van der Waals surface area contributed by atoms with Crippen LogP contribution in [0.5, 0.6) is 5.75 Å². The van der Waals surface area contributed by atoms with Crippen molar-refractivity contribution in [3.8, 4) is 5.75 Å². The third-order valence-corrected chi connectivity index (χ3v) is 10.5. The molecule has 5 rings (SSSR count). The van der Waals surface area contributed by atoms with Gasteiger partial charge in [-0.25, -0.2) is 0 Å². The number of anilines is 1. The lowest BCUT2D eigenvalue weighted by Gasteiger charge is -2.36. The van der Waals surface area contributed by atoms with Gasteiger partial charge < -0.3 is 24.5 Å². The standard InChI is InChI=1S/C31H41N3O5S/c1-4-6-7-17-32-18-9-16-31-25(28(37)34(20-10-21-35)26(31)29(32)38)24-27(36)33(19-8-15-30(24,3)40-31)22-11-13-23(14-12-22)39-5-2/h8-9,11-16,24-26,35H,4-7,10,17-21H2,1-3H3/t24-,25-,26?,30+,31-/m0/s1. The van der Waals surface area contributed by atoms with E-state index in [1.165, 1.54) is 0 Å². The fourth-order valence-electron chi connectivity index (χ4n) is 6.92. The highest BCUT2D eigenvalue weighted by Gasteiger charge is 2.73. The molecule has 9 heteroatoms. The summed E-state index contributed by atoms with van der Waals surface area (Å²) in [4.78, 5) is 48.2. The van der Waals surface area contributed by atoms with Gasteiger partial charge in [0.15, 0.2) is 0 Å². The topological polar surface area (TPSA) is 90.4 Å². The lowest BCUT2D eigenvalue weighted by molar-refractivity contribution is -0.143. The van der Waals surface area contributed by atoms with E-state index in [1.807, 2.05) is 55.2 Å². The Morgan fingerprint density at radius 2 is 1.68 bits per heavy atom. The molecule has 1 N–H and O–H groups in total. The van der Waals surface area contributed by atoms with Gasteiger partial charge in [-0.05, 0) is 51.0 Å². The van der Waals surface area contributed by atoms with Gasteiger partial charge in [-0.2, -0.15) is 0 Å². The number of rotatable bonds is 10. The van der Waals surface area contributed by atoms with Crippen LogP contribution in [-0.4, -0.2) is 87.6 Å². The van der Waals surface area contributed by atoms with Crippen LogP contribution in [0.4, 0.5) is 5.69 Å². The molecule has 0 aromatic heterocycles. The Labute approximate surface area is 241 Å². The zero-order valence-corrected chi connectivity index (χ0v) is 24.6. The van der Waals surface area contributed by atoms with Crippen LogP contribution in [0, 0.1) is 11.8 Å². The number of fused-ring (bicyclic) bond motifs is 2. The second-order valence-corrected chi connectivity index (χ2v) is 13.1. The maximum atomic E-state index is 14.4. The minimum Gasteiger partial charge on any atom is -0.494 e. The van der Waals surface area contributed by atoms with E-state index in [0.717, 1.165) is 30.7 Å². The van der Waals surface area contributed by atoms with Crippen LogP contribution in [0.25, 0.3) is 0 Å². The Balaban J connectivity index is 1.54. The molecule has 0 radical (unpaired) electrons. The SMILES string of the molecule is CCCCCN1CC=C[C@]23S[C@]4(C)C=CCN(c5ccc(OCC)cc5)C(=O)[C@@H]4[C@H]2C(=O)N(CCCO)C3C1=O. The van der Waals surface area contributed by atoms with Crippen LogP contribution >= 0.6 is 11.8 Å². The van der Waals surface area contributed by atoms with E-state index < -0.39 is 27.4 Å². The van der Waals surface area contributed by atoms with Gasteiger partial charge in [0.2, 0.25) is 17.7 Å². The van der Waals surface area contributed by atoms with Crippen molar-refractivity contribution >= 4 is 35.2 Å². The lowest BCUT2D eigenvalue weighted by atomic mass is 9.74. The molecule has 1 aromatic carbocycles. The molecular formula is C31H41N3O5S. The fraction of sp³-hybridized carbons (Fsp3) is 0.581. The van der Waals surface area contributed by atoms with Gasteiger partial charge in [0.05, 0.1) is 23.2 Å².